The van der Waals surface area contributed by atoms with Crippen molar-refractivity contribution in [1.82, 2.24) is 25.2 Å². The number of aromatic nitrogens is 4. The van der Waals surface area contributed by atoms with Gasteiger partial charge < -0.3 is 9.84 Å². The van der Waals surface area contributed by atoms with Gasteiger partial charge in [0.1, 0.15) is 11.4 Å². The Balaban J connectivity index is 2.02. The number of nitrogens with one attached hydrogen (secondary N) is 1. The molecule has 120 valence electrons. The van der Waals surface area contributed by atoms with Gasteiger partial charge >= 0.3 is 5.69 Å². The van der Waals surface area contributed by atoms with Gasteiger partial charge in [-0.3, -0.25) is 14.8 Å². The molecule has 1 N–H and O–H groups in total. The fourth-order valence-electron chi connectivity index (χ4n) is 2.22. The summed E-state index contributed by atoms with van der Waals surface area (Å²) in [5.74, 6) is 1.16. The van der Waals surface area contributed by atoms with Crippen LogP contribution in [0.5, 0.6) is 0 Å². The second-order valence-corrected chi connectivity index (χ2v) is 5.25. The highest BCUT2D eigenvalue weighted by Gasteiger charge is 2.21. The molecule has 0 aliphatic heterocycles. The van der Waals surface area contributed by atoms with Gasteiger partial charge in [0.05, 0.1) is 11.5 Å². The van der Waals surface area contributed by atoms with Crippen LogP contribution in [0.2, 0.25) is 0 Å². The van der Waals surface area contributed by atoms with Crippen molar-refractivity contribution in [1.29, 1.82) is 0 Å². The molecule has 9 heteroatoms. The van der Waals surface area contributed by atoms with Crippen LogP contribution in [0.3, 0.4) is 0 Å². The van der Waals surface area contributed by atoms with Gasteiger partial charge in [-0.25, -0.2) is 0 Å². The predicted octanol–water partition coefficient (Wildman–Crippen LogP) is 1.18. The zero-order chi connectivity index (χ0) is 16.3. The summed E-state index contributed by atoms with van der Waals surface area (Å²) in [7, 11) is 1.88. The topological polar surface area (TPSA) is 112 Å². The average molecular weight is 308 g/mol. The molecule has 1 unspecified atom stereocenters. The zero-order valence-corrected chi connectivity index (χ0v) is 13.2. The Hall–Kier alpha value is -2.29. The summed E-state index contributed by atoms with van der Waals surface area (Å²) in [6.45, 7) is 5.81. The molecule has 0 saturated carbocycles. The first-order valence-corrected chi connectivity index (χ1v) is 7.09. The summed E-state index contributed by atoms with van der Waals surface area (Å²) >= 11 is 0. The molecule has 2 aromatic heterocycles. The lowest BCUT2D eigenvalue weighted by molar-refractivity contribution is -0.386. The third-order valence-electron chi connectivity index (χ3n) is 3.56. The van der Waals surface area contributed by atoms with E-state index < -0.39 is 4.92 Å². The molecule has 22 heavy (non-hydrogen) atoms. The van der Waals surface area contributed by atoms with E-state index in [9.17, 15) is 10.1 Å². The normalized spacial score (nSPS) is 12.5. The summed E-state index contributed by atoms with van der Waals surface area (Å²) in [4.78, 5) is 14.9. The second-order valence-electron chi connectivity index (χ2n) is 5.25. The van der Waals surface area contributed by atoms with Crippen molar-refractivity contribution in [3.05, 3.63) is 33.2 Å². The van der Waals surface area contributed by atoms with Crippen molar-refractivity contribution >= 4 is 5.69 Å². The molecule has 0 fully saturated rings. The largest absolute Gasteiger partial charge is 0.339 e. The monoisotopic (exact) mass is 308 g/mol. The Bertz CT molecular complexity index is 663. The second kappa shape index (κ2) is 6.65. The number of hydrogen-bond acceptors (Lipinski definition) is 7. The molecule has 2 heterocycles. The summed E-state index contributed by atoms with van der Waals surface area (Å²) in [6, 6.07) is 0.268. The molecular weight excluding hydrogens is 288 g/mol. The Labute approximate surface area is 127 Å². The highest BCUT2D eigenvalue weighted by Crippen LogP contribution is 2.21. The van der Waals surface area contributed by atoms with Crippen LogP contribution in [0.15, 0.2) is 4.52 Å². The third-order valence-corrected chi connectivity index (χ3v) is 3.56. The Morgan fingerprint density at radius 2 is 2.18 bits per heavy atom. The van der Waals surface area contributed by atoms with Gasteiger partial charge in [0, 0.05) is 18.9 Å². The van der Waals surface area contributed by atoms with Crippen molar-refractivity contribution in [2.75, 3.05) is 7.05 Å². The maximum atomic E-state index is 11.0. The van der Waals surface area contributed by atoms with Crippen LogP contribution in [-0.2, 0) is 19.4 Å². The van der Waals surface area contributed by atoms with Crippen LogP contribution in [0.1, 0.15) is 30.0 Å². The maximum absolute atomic E-state index is 11.0. The highest BCUT2D eigenvalue weighted by molar-refractivity contribution is 5.39. The first kappa shape index (κ1) is 16.1. The van der Waals surface area contributed by atoms with E-state index in [0.717, 1.165) is 0 Å². The molecule has 0 aliphatic carbocycles. The first-order valence-electron chi connectivity index (χ1n) is 7.09. The van der Waals surface area contributed by atoms with E-state index in [0.29, 0.717) is 42.5 Å². The molecule has 0 radical (unpaired) electrons. The van der Waals surface area contributed by atoms with Crippen LogP contribution in [-0.4, -0.2) is 37.9 Å². The minimum atomic E-state index is -0.405. The molecule has 0 saturated heterocycles. The molecular formula is C13H20N6O3. The van der Waals surface area contributed by atoms with E-state index in [1.54, 1.807) is 18.5 Å². The van der Waals surface area contributed by atoms with Crippen molar-refractivity contribution < 1.29 is 9.45 Å². The molecule has 2 rings (SSSR count). The quantitative estimate of drug-likeness (QED) is 0.603. The third kappa shape index (κ3) is 3.48. The van der Waals surface area contributed by atoms with Gasteiger partial charge in [-0.2, -0.15) is 10.1 Å². The molecule has 1 atom stereocenters. The maximum Gasteiger partial charge on any atom is 0.312 e. The van der Waals surface area contributed by atoms with E-state index >= 15 is 0 Å². The Morgan fingerprint density at radius 1 is 1.45 bits per heavy atom. The lowest BCUT2D eigenvalue weighted by atomic mass is 10.2. The number of aryl methyl sites for hydroxylation is 3. The standard InChI is InChI=1S/C13H20N6O3/c1-8(14-4)7-11-15-12(22-17-11)5-6-18-10(3)13(19(20)21)9(2)16-18/h8,14H,5-7H2,1-4H3. The molecule has 0 aliphatic rings. The SMILES string of the molecule is CNC(C)Cc1noc(CCn2nc(C)c([N+](=O)[O-])c2C)n1. The van der Waals surface area contributed by atoms with E-state index in [1.165, 1.54) is 0 Å². The predicted molar refractivity (Wildman–Crippen MR) is 78.6 cm³/mol. The Morgan fingerprint density at radius 3 is 2.77 bits per heavy atom. The number of nitrogens with zero attached hydrogens (tertiary/aromatic N) is 5. The van der Waals surface area contributed by atoms with Gasteiger partial charge in [-0.05, 0) is 27.8 Å². The van der Waals surface area contributed by atoms with Crippen LogP contribution in [0, 0.1) is 24.0 Å². The van der Waals surface area contributed by atoms with E-state index in [4.69, 9.17) is 4.52 Å². The molecule has 0 spiro atoms. The highest BCUT2D eigenvalue weighted by atomic mass is 16.6. The summed E-state index contributed by atoms with van der Waals surface area (Å²) < 4.78 is 6.80. The van der Waals surface area contributed by atoms with E-state index in [-0.39, 0.29) is 11.7 Å². The van der Waals surface area contributed by atoms with Gasteiger partial charge in [0.2, 0.25) is 5.89 Å². The van der Waals surface area contributed by atoms with Crippen molar-refractivity contribution in [2.45, 2.75) is 46.2 Å². The molecule has 0 amide bonds. The number of nitro groups is 1. The Kier molecular flexibility index (Phi) is 4.86. The van der Waals surface area contributed by atoms with Gasteiger partial charge in [0.15, 0.2) is 5.82 Å². The van der Waals surface area contributed by atoms with Crippen molar-refractivity contribution in [3.8, 4) is 0 Å². The smallest absolute Gasteiger partial charge is 0.312 e. The summed E-state index contributed by atoms with van der Waals surface area (Å²) in [5, 5.41) is 22.2. The first-order chi connectivity index (χ1) is 10.4. The number of likely N-dealkylation sites (N-methyl/N-ethyl adjacent to an activating group) is 1. The van der Waals surface area contributed by atoms with E-state index in [2.05, 4.69) is 20.6 Å². The van der Waals surface area contributed by atoms with Crippen LogP contribution < -0.4 is 5.32 Å². The van der Waals surface area contributed by atoms with Crippen LogP contribution in [0.4, 0.5) is 5.69 Å². The molecule has 0 aromatic carbocycles. The lowest BCUT2D eigenvalue weighted by Crippen LogP contribution is -2.24. The summed E-state index contributed by atoms with van der Waals surface area (Å²) in [6.07, 6.45) is 1.17. The van der Waals surface area contributed by atoms with Gasteiger partial charge in [0.25, 0.3) is 0 Å². The zero-order valence-electron chi connectivity index (χ0n) is 13.2. The minimum Gasteiger partial charge on any atom is -0.339 e. The van der Waals surface area contributed by atoms with Crippen molar-refractivity contribution in [3.63, 3.8) is 0 Å². The molecule has 2 aromatic rings. The van der Waals surface area contributed by atoms with E-state index in [1.807, 2.05) is 14.0 Å². The van der Waals surface area contributed by atoms with Crippen molar-refractivity contribution in [2.24, 2.45) is 0 Å². The van der Waals surface area contributed by atoms with Crippen LogP contribution in [0.25, 0.3) is 0 Å². The molecule has 0 bridgehead atoms. The minimum absolute atomic E-state index is 0.0639. The number of rotatable bonds is 7. The fraction of sp³-hybridized carbons (Fsp3) is 0.615. The van der Waals surface area contributed by atoms with Crippen LogP contribution >= 0.6 is 0 Å². The summed E-state index contributed by atoms with van der Waals surface area (Å²) in [5.41, 5.74) is 1.01. The molecule has 9 nitrogen and oxygen atoms in total. The number of hydrogen-bond donors (Lipinski definition) is 1. The van der Waals surface area contributed by atoms with Gasteiger partial charge in [-0.1, -0.05) is 5.16 Å². The van der Waals surface area contributed by atoms with Gasteiger partial charge in [-0.15, -0.1) is 0 Å². The fourth-order valence-corrected chi connectivity index (χ4v) is 2.22. The average Bonchev–Trinajstić information content (AvgIpc) is 3.00. The lowest BCUT2D eigenvalue weighted by Gasteiger charge is -2.04.